The Hall–Kier alpha value is -1.62. The molecule has 0 aliphatic carbocycles. The van der Waals surface area contributed by atoms with E-state index in [1.54, 1.807) is 6.92 Å². The highest BCUT2D eigenvalue weighted by Crippen LogP contribution is 2.22. The quantitative estimate of drug-likeness (QED) is 0.886. The number of nitrogens with one attached hydrogen (secondary N) is 1. The number of aromatic amines is 1. The molecule has 1 N–H and O–H groups in total. The Morgan fingerprint density at radius 2 is 2.12 bits per heavy atom. The SMILES string of the molecule is CCOC(=O)c1[nH]cnc1-c1ccc(Br)cc1. The van der Waals surface area contributed by atoms with E-state index in [0.29, 0.717) is 18.0 Å². The summed E-state index contributed by atoms with van der Waals surface area (Å²) in [6.45, 7) is 2.12. The third-order valence-corrected chi connectivity index (χ3v) is 2.77. The number of imidazole rings is 1. The van der Waals surface area contributed by atoms with Crippen LogP contribution in [0.5, 0.6) is 0 Å². The standard InChI is InChI=1S/C12H11BrN2O2/c1-2-17-12(16)11-10(14-7-15-11)8-3-5-9(13)6-4-8/h3-7H,2H2,1H3,(H,14,15). The Balaban J connectivity index is 2.36. The highest BCUT2D eigenvalue weighted by atomic mass is 79.9. The Labute approximate surface area is 107 Å². The first kappa shape index (κ1) is 11.9. The maximum Gasteiger partial charge on any atom is 0.357 e. The van der Waals surface area contributed by atoms with Gasteiger partial charge in [0.2, 0.25) is 0 Å². The maximum absolute atomic E-state index is 11.7. The molecule has 0 unspecified atom stereocenters. The van der Waals surface area contributed by atoms with Crippen LogP contribution in [0.25, 0.3) is 11.3 Å². The Kier molecular flexibility index (Phi) is 3.58. The van der Waals surface area contributed by atoms with E-state index in [1.807, 2.05) is 24.3 Å². The van der Waals surface area contributed by atoms with Crippen LogP contribution in [-0.2, 0) is 4.74 Å². The van der Waals surface area contributed by atoms with Crippen molar-refractivity contribution in [2.45, 2.75) is 6.92 Å². The van der Waals surface area contributed by atoms with Crippen molar-refractivity contribution in [2.75, 3.05) is 6.61 Å². The fraction of sp³-hybridized carbons (Fsp3) is 0.167. The summed E-state index contributed by atoms with van der Waals surface area (Å²) in [5.41, 5.74) is 1.86. The van der Waals surface area contributed by atoms with E-state index < -0.39 is 0 Å². The van der Waals surface area contributed by atoms with Crippen molar-refractivity contribution in [3.05, 3.63) is 40.8 Å². The third-order valence-electron chi connectivity index (χ3n) is 2.24. The second-order valence-corrected chi connectivity index (χ2v) is 4.27. The number of H-pyrrole nitrogens is 1. The normalized spacial score (nSPS) is 10.2. The van der Waals surface area contributed by atoms with Gasteiger partial charge >= 0.3 is 5.97 Å². The van der Waals surface area contributed by atoms with Gasteiger partial charge in [-0.2, -0.15) is 0 Å². The van der Waals surface area contributed by atoms with Gasteiger partial charge in [-0.05, 0) is 19.1 Å². The van der Waals surface area contributed by atoms with Crippen molar-refractivity contribution in [3.8, 4) is 11.3 Å². The van der Waals surface area contributed by atoms with Crippen LogP contribution in [0.3, 0.4) is 0 Å². The molecule has 1 heterocycles. The molecule has 0 amide bonds. The van der Waals surface area contributed by atoms with E-state index in [2.05, 4.69) is 25.9 Å². The number of aromatic nitrogens is 2. The number of carbonyl (C=O) groups is 1. The number of nitrogens with zero attached hydrogens (tertiary/aromatic N) is 1. The molecule has 5 heteroatoms. The van der Waals surface area contributed by atoms with E-state index >= 15 is 0 Å². The number of hydrogen-bond acceptors (Lipinski definition) is 3. The minimum absolute atomic E-state index is 0.345. The van der Waals surface area contributed by atoms with Crippen LogP contribution in [0.1, 0.15) is 17.4 Å². The molecule has 0 atom stereocenters. The van der Waals surface area contributed by atoms with Gasteiger partial charge in [0, 0.05) is 10.0 Å². The monoisotopic (exact) mass is 294 g/mol. The van der Waals surface area contributed by atoms with Crippen LogP contribution in [-0.4, -0.2) is 22.5 Å². The van der Waals surface area contributed by atoms with Crippen molar-refractivity contribution < 1.29 is 9.53 Å². The zero-order chi connectivity index (χ0) is 12.3. The first-order valence-electron chi connectivity index (χ1n) is 5.18. The Morgan fingerprint density at radius 3 is 2.76 bits per heavy atom. The molecule has 4 nitrogen and oxygen atoms in total. The number of esters is 1. The van der Waals surface area contributed by atoms with Crippen molar-refractivity contribution in [1.82, 2.24) is 9.97 Å². The molecule has 1 aromatic carbocycles. The summed E-state index contributed by atoms with van der Waals surface area (Å²) in [5, 5.41) is 0. The fourth-order valence-electron chi connectivity index (χ4n) is 1.48. The van der Waals surface area contributed by atoms with Crippen LogP contribution in [0, 0.1) is 0 Å². The molecule has 0 bridgehead atoms. The summed E-state index contributed by atoms with van der Waals surface area (Å²) in [6.07, 6.45) is 1.49. The minimum Gasteiger partial charge on any atom is -0.461 e. The van der Waals surface area contributed by atoms with Gasteiger partial charge in [0.1, 0.15) is 5.69 Å². The highest BCUT2D eigenvalue weighted by molar-refractivity contribution is 9.10. The second kappa shape index (κ2) is 5.14. The van der Waals surface area contributed by atoms with Crippen LogP contribution in [0.2, 0.25) is 0 Å². The smallest absolute Gasteiger partial charge is 0.357 e. The third kappa shape index (κ3) is 2.55. The van der Waals surface area contributed by atoms with Crippen LogP contribution >= 0.6 is 15.9 Å². The maximum atomic E-state index is 11.7. The molecule has 1 aromatic heterocycles. The molecule has 0 aliphatic rings. The molecular weight excluding hydrogens is 284 g/mol. The molecule has 0 radical (unpaired) electrons. The zero-order valence-corrected chi connectivity index (χ0v) is 10.8. The van der Waals surface area contributed by atoms with Gasteiger partial charge in [-0.25, -0.2) is 9.78 Å². The Morgan fingerprint density at radius 1 is 1.41 bits per heavy atom. The van der Waals surface area contributed by atoms with Gasteiger partial charge in [-0.1, -0.05) is 28.1 Å². The van der Waals surface area contributed by atoms with E-state index in [4.69, 9.17) is 4.74 Å². The number of hydrogen-bond donors (Lipinski definition) is 1. The molecule has 0 aliphatic heterocycles. The van der Waals surface area contributed by atoms with Crippen molar-refractivity contribution in [2.24, 2.45) is 0 Å². The van der Waals surface area contributed by atoms with Crippen LogP contribution in [0.15, 0.2) is 35.1 Å². The molecule has 2 rings (SSSR count). The average Bonchev–Trinajstić information content (AvgIpc) is 2.79. The lowest BCUT2D eigenvalue weighted by Gasteiger charge is -2.02. The lowest BCUT2D eigenvalue weighted by Crippen LogP contribution is -2.06. The number of benzene rings is 1. The minimum atomic E-state index is -0.386. The van der Waals surface area contributed by atoms with Gasteiger partial charge in [0.05, 0.1) is 12.9 Å². The second-order valence-electron chi connectivity index (χ2n) is 3.35. The topological polar surface area (TPSA) is 55.0 Å². The van der Waals surface area contributed by atoms with E-state index in [-0.39, 0.29) is 5.97 Å². The number of halogens is 1. The molecule has 2 aromatic rings. The zero-order valence-electron chi connectivity index (χ0n) is 9.24. The van der Waals surface area contributed by atoms with Gasteiger partial charge in [0.15, 0.2) is 5.69 Å². The predicted molar refractivity (Wildman–Crippen MR) is 67.7 cm³/mol. The number of ether oxygens (including phenoxy) is 1. The molecule has 0 spiro atoms. The number of rotatable bonds is 3. The van der Waals surface area contributed by atoms with Gasteiger partial charge in [-0.3, -0.25) is 0 Å². The summed E-state index contributed by atoms with van der Waals surface area (Å²) in [4.78, 5) is 18.6. The van der Waals surface area contributed by atoms with Gasteiger partial charge < -0.3 is 9.72 Å². The van der Waals surface area contributed by atoms with E-state index in [9.17, 15) is 4.79 Å². The molecule has 0 fully saturated rings. The van der Waals surface area contributed by atoms with E-state index in [0.717, 1.165) is 10.0 Å². The summed E-state index contributed by atoms with van der Waals surface area (Å²) >= 11 is 3.36. The lowest BCUT2D eigenvalue weighted by atomic mass is 10.1. The Bertz CT molecular complexity index is 520. The lowest BCUT2D eigenvalue weighted by molar-refractivity contribution is 0.0521. The largest absolute Gasteiger partial charge is 0.461 e. The summed E-state index contributed by atoms with van der Waals surface area (Å²) < 4.78 is 5.93. The van der Waals surface area contributed by atoms with Crippen LogP contribution in [0.4, 0.5) is 0 Å². The summed E-state index contributed by atoms with van der Waals surface area (Å²) in [5.74, 6) is -0.386. The average molecular weight is 295 g/mol. The predicted octanol–water partition coefficient (Wildman–Crippen LogP) is 3.02. The molecular formula is C12H11BrN2O2. The first-order valence-corrected chi connectivity index (χ1v) is 5.98. The van der Waals surface area contributed by atoms with Crippen LogP contribution < -0.4 is 0 Å². The highest BCUT2D eigenvalue weighted by Gasteiger charge is 2.16. The molecule has 0 saturated carbocycles. The van der Waals surface area contributed by atoms with Gasteiger partial charge in [-0.15, -0.1) is 0 Å². The molecule has 17 heavy (non-hydrogen) atoms. The molecule has 88 valence electrons. The first-order chi connectivity index (χ1) is 8.22. The van der Waals surface area contributed by atoms with Crippen molar-refractivity contribution in [3.63, 3.8) is 0 Å². The summed E-state index contributed by atoms with van der Waals surface area (Å²) in [7, 11) is 0. The summed E-state index contributed by atoms with van der Waals surface area (Å²) in [6, 6.07) is 7.59. The fourth-order valence-corrected chi connectivity index (χ4v) is 1.74. The van der Waals surface area contributed by atoms with Crippen molar-refractivity contribution >= 4 is 21.9 Å². The van der Waals surface area contributed by atoms with Crippen molar-refractivity contribution in [1.29, 1.82) is 0 Å². The van der Waals surface area contributed by atoms with E-state index in [1.165, 1.54) is 6.33 Å². The molecule has 0 saturated heterocycles. The van der Waals surface area contributed by atoms with Gasteiger partial charge in [0.25, 0.3) is 0 Å². The number of carbonyl (C=O) groups excluding carboxylic acids is 1.